The topological polar surface area (TPSA) is 614 Å². The van der Waals surface area contributed by atoms with Crippen molar-refractivity contribution in [2.75, 3.05) is 51.4 Å². The number of nitrogens with one attached hydrogen (secondary N) is 16. The molecular weight excluding hydrogens is 1490 g/mol. The zero-order valence-corrected chi connectivity index (χ0v) is 66.9. The first-order valence-corrected chi connectivity index (χ1v) is 39.5. The molecule has 0 unspecified atom stereocenters. The minimum Gasteiger partial charge on any atom is -0.480 e. The molecule has 23 N–H and O–H groups in total. The average molecular weight is 1610 g/mol. The normalized spacial score (nSPS) is 16.4. The van der Waals surface area contributed by atoms with Gasteiger partial charge in [0.15, 0.2) is 0 Å². The van der Waals surface area contributed by atoms with E-state index in [1.165, 1.54) is 54.2 Å². The van der Waals surface area contributed by atoms with Crippen LogP contribution in [-0.4, -0.2) is 269 Å². The number of carboxylic acids is 1. The molecule has 1 saturated heterocycles. The molecule has 0 saturated carbocycles. The van der Waals surface area contributed by atoms with E-state index in [1.807, 2.05) is 13.8 Å². The lowest BCUT2D eigenvalue weighted by Crippen LogP contribution is -2.62. The zero-order valence-electron chi connectivity index (χ0n) is 66.1. The van der Waals surface area contributed by atoms with Crippen LogP contribution in [0, 0.1) is 29.6 Å². The minimum absolute atomic E-state index is 0.0124. The summed E-state index contributed by atoms with van der Waals surface area (Å²) in [4.78, 5) is 229. The molecule has 15 atom stereocenters. The molecule has 1 aliphatic rings. The predicted octanol–water partition coefficient (Wildman–Crippen LogP) is -4.83. The standard InChI is InChI=1S/C72H118N22O18S/c1-12-40(9)58(70(109)89-51(32-95)60(99)79-30-54(97)78-31-55(98)94-21-16-18-53(94)67(106)87-50(26-44-29-77-36-82-44)66(105)93-59(41(10)13-2)71(110)90-52(33-96)72(111)112)92-61(100)45(17-14-15-20-73)84-69(108)57(39(7)8)91-62(101)46(19-22-113-11)83-64(103)48(24-42-27-75-34-80-42)86-65(104)49(25-43-28-76-35-81-43)85-63(102)47(23-37(3)4)88-68(107)56(74)38(5)6/h27-29,34-41,45-53,56-59,95-96H,12-26,30-33,73-74H2,1-11H3,(H,75,80)(H,76,81)(H,77,82)(H,78,97)(H,79,99)(H,83,103)(H,84,108)(H,85,102)(H,86,104)(H,87,106)(H,88,107)(H,89,109)(H,90,110)(H,91,101)(H,92,100)(H,93,105)(H,111,112)/t40-,41-,45-,46-,47-,48-,49-,50-,51-,52-,53-,56-,57-,58-,59-/m0/s1. The van der Waals surface area contributed by atoms with Crippen molar-refractivity contribution in [3.8, 4) is 0 Å². The number of nitrogens with zero attached hydrogens (tertiary/aromatic N) is 4. The number of amides is 14. The Bertz CT molecular complexity index is 3590. The number of carbonyl (C=O) groups excluding carboxylic acids is 14. The zero-order chi connectivity index (χ0) is 84.2. The Morgan fingerprint density at radius 2 is 0.929 bits per heavy atom. The molecule has 3 aromatic heterocycles. The molecule has 630 valence electrons. The molecule has 0 bridgehead atoms. The van der Waals surface area contributed by atoms with E-state index in [2.05, 4.69) is 99.0 Å². The molecule has 1 aliphatic heterocycles. The number of hydrogen-bond donors (Lipinski definition) is 21. The average Bonchev–Trinajstić information content (AvgIpc) is 1.76. The van der Waals surface area contributed by atoms with Gasteiger partial charge in [-0.05, 0) is 93.1 Å². The lowest BCUT2D eigenvalue weighted by Gasteiger charge is -2.30. The summed E-state index contributed by atoms with van der Waals surface area (Å²) < 4.78 is 0. The number of H-pyrrole nitrogens is 3. The number of aliphatic hydroxyl groups excluding tert-OH is 2. The number of imidazole rings is 3. The second-order valence-corrected chi connectivity index (χ2v) is 30.2. The molecule has 4 heterocycles. The summed E-state index contributed by atoms with van der Waals surface area (Å²) in [6.45, 7) is 14.1. The fourth-order valence-corrected chi connectivity index (χ4v) is 12.4. The number of carboxylic acid groups (broad SMARTS) is 1. The lowest BCUT2D eigenvalue weighted by atomic mass is 9.96. The van der Waals surface area contributed by atoms with Crippen molar-refractivity contribution in [3.63, 3.8) is 0 Å². The van der Waals surface area contributed by atoms with E-state index in [1.54, 1.807) is 61.6 Å². The number of aliphatic hydroxyl groups is 2. The minimum atomic E-state index is -1.70. The summed E-state index contributed by atoms with van der Waals surface area (Å²) in [6, 6.07) is -17.4. The van der Waals surface area contributed by atoms with Gasteiger partial charge in [0.05, 0.1) is 51.3 Å². The SMILES string of the molecule is CC[C@H](C)[C@H](NC(=O)[C@H](Cc1cnc[nH]1)NC(=O)[C@@H]1CCCN1C(=O)CNC(=O)CNC(=O)[C@H](CO)NC(=O)[C@@H](NC(=O)[C@H](CCCCN)NC(=O)[C@@H](NC(=O)[C@H](CCSC)NC(=O)[C@H](Cc1cnc[nH]1)NC(=O)[C@H](Cc1cnc[nH]1)NC(=O)[C@H](CC(C)C)NC(=O)[C@@H](N)C(C)C)C(C)C)[C@@H](C)CC)C(=O)N[C@@H](CO)C(=O)O. The third kappa shape index (κ3) is 31.4. The van der Waals surface area contributed by atoms with Crippen LogP contribution in [0.25, 0.3) is 0 Å². The maximum atomic E-state index is 14.6. The highest BCUT2D eigenvalue weighted by molar-refractivity contribution is 7.98. The maximum Gasteiger partial charge on any atom is 0.328 e. The number of hydrogen-bond acceptors (Lipinski definition) is 23. The summed E-state index contributed by atoms with van der Waals surface area (Å²) >= 11 is 1.35. The van der Waals surface area contributed by atoms with E-state index >= 15 is 0 Å². The van der Waals surface area contributed by atoms with Crippen LogP contribution >= 0.6 is 11.8 Å². The Kier molecular flexibility index (Phi) is 41.1. The van der Waals surface area contributed by atoms with E-state index in [4.69, 9.17) is 11.5 Å². The number of unbranched alkanes of at least 4 members (excludes halogenated alkanes) is 1. The van der Waals surface area contributed by atoms with Crippen LogP contribution < -0.4 is 80.6 Å². The Morgan fingerprint density at radius 1 is 0.504 bits per heavy atom. The van der Waals surface area contributed by atoms with Crippen molar-refractivity contribution >= 4 is 100 Å². The highest BCUT2D eigenvalue weighted by Gasteiger charge is 2.41. The molecule has 0 aliphatic carbocycles. The van der Waals surface area contributed by atoms with Gasteiger partial charge in [-0.1, -0.05) is 82.1 Å². The highest BCUT2D eigenvalue weighted by Crippen LogP contribution is 2.20. The van der Waals surface area contributed by atoms with Gasteiger partial charge < -0.3 is 116 Å². The van der Waals surface area contributed by atoms with Crippen molar-refractivity contribution in [2.45, 2.75) is 225 Å². The summed E-state index contributed by atoms with van der Waals surface area (Å²) in [5, 5.41) is 63.0. The maximum absolute atomic E-state index is 14.6. The van der Waals surface area contributed by atoms with Gasteiger partial charge in [0.2, 0.25) is 82.7 Å². The number of aromatic amines is 3. The molecule has 0 aromatic carbocycles. The van der Waals surface area contributed by atoms with Crippen LogP contribution in [0.2, 0.25) is 0 Å². The third-order valence-electron chi connectivity index (χ3n) is 19.2. The fraction of sp³-hybridized carbons (Fsp3) is 0.667. The first kappa shape index (κ1) is 95.2. The monoisotopic (exact) mass is 1610 g/mol. The molecule has 40 nitrogen and oxygen atoms in total. The number of carbonyl (C=O) groups is 15. The Hall–Kier alpha value is -10.1. The van der Waals surface area contributed by atoms with Gasteiger partial charge in [0, 0.05) is 61.5 Å². The number of aromatic nitrogens is 6. The van der Waals surface area contributed by atoms with Crippen molar-refractivity contribution in [1.29, 1.82) is 0 Å². The van der Waals surface area contributed by atoms with Crippen molar-refractivity contribution in [2.24, 2.45) is 41.1 Å². The molecule has 41 heteroatoms. The van der Waals surface area contributed by atoms with Gasteiger partial charge in [-0.3, -0.25) is 67.1 Å². The van der Waals surface area contributed by atoms with Crippen molar-refractivity contribution < 1.29 is 87.2 Å². The van der Waals surface area contributed by atoms with Crippen LogP contribution in [0.3, 0.4) is 0 Å². The van der Waals surface area contributed by atoms with Crippen LogP contribution in [0.15, 0.2) is 37.6 Å². The van der Waals surface area contributed by atoms with Gasteiger partial charge in [-0.2, -0.15) is 11.8 Å². The van der Waals surface area contributed by atoms with E-state index in [0.29, 0.717) is 48.5 Å². The molecule has 3 aromatic rings. The molecule has 14 amide bonds. The van der Waals surface area contributed by atoms with Crippen LogP contribution in [0.5, 0.6) is 0 Å². The number of aliphatic carboxylic acids is 1. The second-order valence-electron chi connectivity index (χ2n) is 29.2. The van der Waals surface area contributed by atoms with E-state index in [-0.39, 0.29) is 76.3 Å². The first-order valence-electron chi connectivity index (χ1n) is 38.1. The molecular formula is C72H118N22O18S. The summed E-state index contributed by atoms with van der Waals surface area (Å²) in [5.74, 6) is -14.9. The number of nitrogens with two attached hydrogens (primary N) is 2. The van der Waals surface area contributed by atoms with Gasteiger partial charge in [-0.15, -0.1) is 0 Å². The fourth-order valence-electron chi connectivity index (χ4n) is 11.9. The highest BCUT2D eigenvalue weighted by atomic mass is 32.2. The number of rotatable bonds is 51. The molecule has 1 fully saturated rings. The number of likely N-dealkylation sites (tertiary alicyclic amines) is 1. The second kappa shape index (κ2) is 48.7. The summed E-state index contributed by atoms with van der Waals surface area (Å²) in [6.07, 6.45) is 11.7. The van der Waals surface area contributed by atoms with Gasteiger partial charge in [0.1, 0.15) is 72.5 Å². The lowest BCUT2D eigenvalue weighted by molar-refractivity contribution is -0.144. The van der Waals surface area contributed by atoms with Gasteiger partial charge >= 0.3 is 5.97 Å². The van der Waals surface area contributed by atoms with Gasteiger partial charge in [-0.25, -0.2) is 19.7 Å². The van der Waals surface area contributed by atoms with Crippen molar-refractivity contribution in [3.05, 3.63) is 54.7 Å². The molecule has 113 heavy (non-hydrogen) atoms. The van der Waals surface area contributed by atoms with Gasteiger partial charge in [0.25, 0.3) is 0 Å². The van der Waals surface area contributed by atoms with Crippen LogP contribution in [0.1, 0.15) is 144 Å². The first-order chi connectivity index (χ1) is 53.6. The molecule has 0 radical (unpaired) electrons. The van der Waals surface area contributed by atoms with Crippen LogP contribution in [-0.2, 0) is 91.2 Å². The number of thioether (sulfide) groups is 1. The quantitative estimate of drug-likeness (QED) is 0.0236. The van der Waals surface area contributed by atoms with Crippen molar-refractivity contribution in [1.82, 2.24) is 104 Å². The Balaban J connectivity index is 1.44. The van der Waals surface area contributed by atoms with E-state index in [9.17, 15) is 87.2 Å². The largest absolute Gasteiger partial charge is 0.480 e. The van der Waals surface area contributed by atoms with E-state index < -0.39 is 211 Å². The van der Waals surface area contributed by atoms with E-state index in [0.717, 1.165) is 0 Å². The summed E-state index contributed by atoms with van der Waals surface area (Å²) in [7, 11) is 0. The molecule has 4 rings (SSSR count). The van der Waals surface area contributed by atoms with Crippen LogP contribution in [0.4, 0.5) is 0 Å². The summed E-state index contributed by atoms with van der Waals surface area (Å²) in [5.41, 5.74) is 13.2. The Labute approximate surface area is 660 Å². The predicted molar refractivity (Wildman–Crippen MR) is 413 cm³/mol. The third-order valence-corrected chi connectivity index (χ3v) is 19.8. The smallest absolute Gasteiger partial charge is 0.328 e. The molecule has 0 spiro atoms. The Morgan fingerprint density at radius 3 is 1.37 bits per heavy atom.